The maximum absolute atomic E-state index is 11.3. The third-order valence-electron chi connectivity index (χ3n) is 4.08. The first-order valence-corrected chi connectivity index (χ1v) is 8.50. The van der Waals surface area contributed by atoms with E-state index in [1.165, 1.54) is 25.7 Å². The van der Waals surface area contributed by atoms with Crippen LogP contribution in [0.5, 0.6) is 0 Å². The van der Waals surface area contributed by atoms with Crippen LogP contribution in [0.4, 0.5) is 5.13 Å². The van der Waals surface area contributed by atoms with Crippen LogP contribution in [0.25, 0.3) is 0 Å². The zero-order valence-electron chi connectivity index (χ0n) is 12.7. The summed E-state index contributed by atoms with van der Waals surface area (Å²) in [6, 6.07) is 0. The van der Waals surface area contributed by atoms with Gasteiger partial charge in [-0.2, -0.15) is 0 Å². The number of thiazole rings is 1. The number of hydrogen-bond acceptors (Lipinski definition) is 4. The fraction of sp³-hybridized carbons (Fsp3) is 0.750. The van der Waals surface area contributed by atoms with Crippen molar-refractivity contribution in [1.29, 1.82) is 0 Å². The minimum Gasteiger partial charge on any atom is -0.348 e. The fourth-order valence-corrected chi connectivity index (χ4v) is 3.64. The molecule has 0 N–H and O–H groups in total. The molecule has 20 heavy (non-hydrogen) atoms. The number of nitrogens with zero attached hydrogens (tertiary/aromatic N) is 2. The Morgan fingerprint density at radius 2 is 1.75 bits per heavy atom. The lowest BCUT2D eigenvalue weighted by Crippen LogP contribution is -2.28. The smallest absolute Gasteiger partial charge is 0.186 e. The molecule has 0 radical (unpaired) electrons. The molecule has 0 atom stereocenters. The molecule has 2 aliphatic rings. The zero-order valence-corrected chi connectivity index (χ0v) is 13.5. The van der Waals surface area contributed by atoms with Crippen LogP contribution in [-0.4, -0.2) is 24.4 Å². The zero-order chi connectivity index (χ0) is 14.3. The summed E-state index contributed by atoms with van der Waals surface area (Å²) >= 11 is 1.58. The Hall–Kier alpha value is -0.900. The summed E-state index contributed by atoms with van der Waals surface area (Å²) in [5.74, 6) is 1.71. The van der Waals surface area contributed by atoms with E-state index in [0.717, 1.165) is 46.9 Å². The van der Waals surface area contributed by atoms with Crippen LogP contribution in [-0.2, 0) is 5.41 Å². The van der Waals surface area contributed by atoms with Crippen molar-refractivity contribution in [2.75, 3.05) is 18.0 Å². The average molecular weight is 292 g/mol. The topological polar surface area (TPSA) is 33.2 Å². The number of carbonyl (C=O) groups is 1. The Bertz CT molecular complexity index is 481. The van der Waals surface area contributed by atoms with Crippen molar-refractivity contribution in [1.82, 2.24) is 4.98 Å². The van der Waals surface area contributed by atoms with E-state index in [0.29, 0.717) is 0 Å². The monoisotopic (exact) mass is 292 g/mol. The minimum absolute atomic E-state index is 0.0597. The van der Waals surface area contributed by atoms with Crippen LogP contribution >= 0.6 is 11.3 Å². The summed E-state index contributed by atoms with van der Waals surface area (Å²) in [5, 5.41) is 1.07. The molecule has 0 spiro atoms. The van der Waals surface area contributed by atoms with Crippen molar-refractivity contribution in [2.24, 2.45) is 11.8 Å². The average Bonchev–Trinajstić information content (AvgIpc) is 3.29. The molecule has 110 valence electrons. The van der Waals surface area contributed by atoms with Crippen LogP contribution in [0.15, 0.2) is 0 Å². The molecule has 0 bridgehead atoms. The van der Waals surface area contributed by atoms with Gasteiger partial charge in [-0.3, -0.25) is 4.79 Å². The number of rotatable bonds is 6. The maximum atomic E-state index is 11.3. The minimum atomic E-state index is -0.0597. The van der Waals surface area contributed by atoms with Crippen LogP contribution in [0.3, 0.4) is 0 Å². The summed E-state index contributed by atoms with van der Waals surface area (Å²) in [6.45, 7) is 8.65. The van der Waals surface area contributed by atoms with Crippen molar-refractivity contribution in [2.45, 2.75) is 51.9 Å². The Morgan fingerprint density at radius 3 is 2.10 bits per heavy atom. The van der Waals surface area contributed by atoms with Crippen LogP contribution in [0.1, 0.15) is 61.8 Å². The van der Waals surface area contributed by atoms with E-state index >= 15 is 0 Å². The van der Waals surface area contributed by atoms with Gasteiger partial charge in [0.25, 0.3) is 0 Å². The second-order valence-corrected chi connectivity index (χ2v) is 8.38. The molecule has 1 heterocycles. The second-order valence-electron chi connectivity index (χ2n) is 7.37. The van der Waals surface area contributed by atoms with Gasteiger partial charge in [-0.05, 0) is 37.5 Å². The van der Waals surface area contributed by atoms with Gasteiger partial charge < -0.3 is 4.90 Å². The molecule has 0 saturated heterocycles. The lowest BCUT2D eigenvalue weighted by Gasteiger charge is -2.22. The molecule has 2 saturated carbocycles. The largest absolute Gasteiger partial charge is 0.348 e. The van der Waals surface area contributed by atoms with Gasteiger partial charge in [0, 0.05) is 18.5 Å². The summed E-state index contributed by atoms with van der Waals surface area (Å²) in [4.78, 5) is 19.4. The first kappa shape index (κ1) is 14.1. The van der Waals surface area contributed by atoms with Gasteiger partial charge in [-0.1, -0.05) is 32.1 Å². The highest BCUT2D eigenvalue weighted by Crippen LogP contribution is 2.39. The van der Waals surface area contributed by atoms with Crippen LogP contribution < -0.4 is 4.90 Å². The molecular formula is C16H24N2OS. The van der Waals surface area contributed by atoms with Gasteiger partial charge in [0.2, 0.25) is 0 Å². The van der Waals surface area contributed by atoms with E-state index in [4.69, 9.17) is 4.98 Å². The highest BCUT2D eigenvalue weighted by atomic mass is 32.1. The molecule has 1 aromatic rings. The highest BCUT2D eigenvalue weighted by molar-refractivity contribution is 7.17. The number of aromatic nitrogens is 1. The lowest BCUT2D eigenvalue weighted by atomic mass is 9.91. The van der Waals surface area contributed by atoms with E-state index < -0.39 is 0 Å². The molecule has 1 aromatic heterocycles. The first-order valence-electron chi connectivity index (χ1n) is 7.69. The standard InChI is InChI=1S/C16H24N2OS/c1-16(2,3)14-13(10-19)20-15(17-14)18(8-11-4-5-11)9-12-6-7-12/h10-12H,4-9H2,1-3H3. The third kappa shape index (κ3) is 3.22. The van der Waals surface area contributed by atoms with E-state index in [1.807, 2.05) is 0 Å². The van der Waals surface area contributed by atoms with Gasteiger partial charge >= 0.3 is 0 Å². The molecule has 0 aliphatic heterocycles. The predicted octanol–water partition coefficient (Wildman–Crippen LogP) is 3.88. The van der Waals surface area contributed by atoms with Gasteiger partial charge in [-0.15, -0.1) is 0 Å². The molecule has 2 fully saturated rings. The van der Waals surface area contributed by atoms with Crippen molar-refractivity contribution >= 4 is 22.8 Å². The predicted molar refractivity (Wildman–Crippen MR) is 83.9 cm³/mol. The Morgan fingerprint density at radius 1 is 1.20 bits per heavy atom. The van der Waals surface area contributed by atoms with Crippen LogP contribution in [0, 0.1) is 11.8 Å². The summed E-state index contributed by atoms with van der Waals surface area (Å²) in [7, 11) is 0. The molecule has 4 heteroatoms. The maximum Gasteiger partial charge on any atom is 0.186 e. The summed E-state index contributed by atoms with van der Waals surface area (Å²) < 4.78 is 0. The number of aldehydes is 1. The van der Waals surface area contributed by atoms with E-state index in [2.05, 4.69) is 25.7 Å². The summed E-state index contributed by atoms with van der Waals surface area (Å²) in [6.07, 6.45) is 6.42. The SMILES string of the molecule is CC(C)(C)c1nc(N(CC2CC2)CC2CC2)sc1C=O. The normalized spacial score (nSPS) is 19.1. The Balaban J connectivity index is 1.84. The summed E-state index contributed by atoms with van der Waals surface area (Å²) in [5.41, 5.74) is 0.902. The Kier molecular flexibility index (Phi) is 3.61. The second kappa shape index (κ2) is 5.14. The van der Waals surface area contributed by atoms with E-state index in [-0.39, 0.29) is 5.41 Å². The van der Waals surface area contributed by atoms with Gasteiger partial charge in [0.05, 0.1) is 10.6 Å². The number of hydrogen-bond donors (Lipinski definition) is 0. The van der Waals surface area contributed by atoms with Gasteiger partial charge in [0.1, 0.15) is 0 Å². The van der Waals surface area contributed by atoms with E-state index in [9.17, 15) is 4.79 Å². The Labute approximate surface area is 125 Å². The molecule has 0 amide bonds. The molecule has 3 nitrogen and oxygen atoms in total. The van der Waals surface area contributed by atoms with Crippen molar-refractivity contribution in [3.05, 3.63) is 10.6 Å². The molecule has 0 aromatic carbocycles. The molecule has 0 unspecified atom stereocenters. The van der Waals surface area contributed by atoms with Crippen LogP contribution in [0.2, 0.25) is 0 Å². The third-order valence-corrected chi connectivity index (χ3v) is 5.12. The number of carbonyl (C=O) groups excluding carboxylic acids is 1. The van der Waals surface area contributed by atoms with Crippen molar-refractivity contribution < 1.29 is 4.79 Å². The first-order chi connectivity index (χ1) is 9.47. The van der Waals surface area contributed by atoms with Gasteiger partial charge in [-0.25, -0.2) is 4.98 Å². The van der Waals surface area contributed by atoms with E-state index in [1.54, 1.807) is 11.3 Å². The quantitative estimate of drug-likeness (QED) is 0.746. The van der Waals surface area contributed by atoms with Crippen molar-refractivity contribution in [3.8, 4) is 0 Å². The lowest BCUT2D eigenvalue weighted by molar-refractivity contribution is 0.112. The number of anilines is 1. The fourth-order valence-electron chi connectivity index (χ4n) is 2.53. The molecule has 2 aliphatic carbocycles. The van der Waals surface area contributed by atoms with Crippen molar-refractivity contribution in [3.63, 3.8) is 0 Å². The highest BCUT2D eigenvalue weighted by Gasteiger charge is 2.32. The van der Waals surface area contributed by atoms with Gasteiger partial charge in [0.15, 0.2) is 11.4 Å². The molecular weight excluding hydrogens is 268 g/mol. The molecule has 3 rings (SSSR count).